The fourth-order valence-electron chi connectivity index (χ4n) is 2.92. The SMILES string of the molecule is CCCOc1ccc2nc(C3CCCC3)cc(Cl)c2c1. The van der Waals surface area contributed by atoms with Crippen LogP contribution in [0.1, 0.15) is 50.6 Å². The minimum absolute atomic E-state index is 0.591. The normalized spacial score (nSPS) is 15.9. The lowest BCUT2D eigenvalue weighted by Crippen LogP contribution is -1.98. The average Bonchev–Trinajstić information content (AvgIpc) is 2.99. The number of nitrogens with zero attached hydrogens (tertiary/aromatic N) is 1. The summed E-state index contributed by atoms with van der Waals surface area (Å²) < 4.78 is 5.66. The number of benzene rings is 1. The maximum absolute atomic E-state index is 6.45. The lowest BCUT2D eigenvalue weighted by molar-refractivity contribution is 0.318. The fourth-order valence-corrected chi connectivity index (χ4v) is 3.19. The first-order chi connectivity index (χ1) is 9.78. The molecule has 1 heterocycles. The van der Waals surface area contributed by atoms with Crippen molar-refractivity contribution < 1.29 is 4.74 Å². The van der Waals surface area contributed by atoms with Crippen molar-refractivity contribution in [1.82, 2.24) is 4.98 Å². The largest absolute Gasteiger partial charge is 0.494 e. The van der Waals surface area contributed by atoms with E-state index in [0.717, 1.165) is 40.4 Å². The van der Waals surface area contributed by atoms with Crippen LogP contribution in [0.2, 0.25) is 5.02 Å². The zero-order valence-corrected chi connectivity index (χ0v) is 12.6. The van der Waals surface area contributed by atoms with Crippen LogP contribution < -0.4 is 4.74 Å². The second-order valence-corrected chi connectivity index (χ2v) is 5.94. The molecule has 0 spiro atoms. The summed E-state index contributed by atoms with van der Waals surface area (Å²) in [5.74, 6) is 1.46. The van der Waals surface area contributed by atoms with Gasteiger partial charge in [0.25, 0.3) is 0 Å². The second kappa shape index (κ2) is 6.01. The van der Waals surface area contributed by atoms with Gasteiger partial charge in [-0.25, -0.2) is 0 Å². The number of pyridine rings is 1. The molecule has 0 radical (unpaired) electrons. The summed E-state index contributed by atoms with van der Waals surface area (Å²) in [6, 6.07) is 8.05. The smallest absolute Gasteiger partial charge is 0.120 e. The first kappa shape index (κ1) is 13.7. The fraction of sp³-hybridized carbons (Fsp3) is 0.471. The minimum atomic E-state index is 0.591. The van der Waals surface area contributed by atoms with Gasteiger partial charge in [-0.3, -0.25) is 4.98 Å². The molecule has 0 atom stereocenters. The van der Waals surface area contributed by atoms with Crippen LogP contribution in [0.4, 0.5) is 0 Å². The van der Waals surface area contributed by atoms with E-state index in [9.17, 15) is 0 Å². The molecule has 1 aromatic heterocycles. The van der Waals surface area contributed by atoms with E-state index in [1.165, 1.54) is 25.7 Å². The Hall–Kier alpha value is -1.28. The topological polar surface area (TPSA) is 22.1 Å². The lowest BCUT2D eigenvalue weighted by Gasteiger charge is -2.12. The molecule has 1 saturated carbocycles. The Balaban J connectivity index is 1.96. The average molecular weight is 290 g/mol. The molecule has 0 bridgehead atoms. The third-order valence-electron chi connectivity index (χ3n) is 4.00. The van der Waals surface area contributed by atoms with E-state index in [2.05, 4.69) is 6.92 Å². The molecule has 0 N–H and O–H groups in total. The molecule has 106 valence electrons. The van der Waals surface area contributed by atoms with E-state index in [4.69, 9.17) is 21.3 Å². The monoisotopic (exact) mass is 289 g/mol. The Morgan fingerprint density at radius 1 is 1.25 bits per heavy atom. The van der Waals surface area contributed by atoms with E-state index in [1.807, 2.05) is 24.3 Å². The Labute approximate surface area is 125 Å². The summed E-state index contributed by atoms with van der Waals surface area (Å²) in [5.41, 5.74) is 2.13. The molecule has 0 saturated heterocycles. The van der Waals surface area contributed by atoms with Crippen LogP contribution in [0.25, 0.3) is 10.9 Å². The van der Waals surface area contributed by atoms with Crippen molar-refractivity contribution in [1.29, 1.82) is 0 Å². The number of aromatic nitrogens is 1. The molecule has 0 amide bonds. The molecule has 0 aliphatic heterocycles. The van der Waals surface area contributed by atoms with E-state index >= 15 is 0 Å². The number of rotatable bonds is 4. The Kier molecular flexibility index (Phi) is 4.11. The lowest BCUT2D eigenvalue weighted by atomic mass is 10.0. The van der Waals surface area contributed by atoms with Crippen molar-refractivity contribution in [3.8, 4) is 5.75 Å². The molecule has 3 heteroatoms. The van der Waals surface area contributed by atoms with Gasteiger partial charge in [-0.1, -0.05) is 31.4 Å². The van der Waals surface area contributed by atoms with Gasteiger partial charge in [0.2, 0.25) is 0 Å². The van der Waals surface area contributed by atoms with Gasteiger partial charge in [0.15, 0.2) is 0 Å². The summed E-state index contributed by atoms with van der Waals surface area (Å²) >= 11 is 6.45. The van der Waals surface area contributed by atoms with Gasteiger partial charge in [0.05, 0.1) is 17.1 Å². The summed E-state index contributed by atoms with van der Waals surface area (Å²) in [4.78, 5) is 4.80. The van der Waals surface area contributed by atoms with Crippen LogP contribution in [-0.2, 0) is 0 Å². The standard InChI is InChI=1S/C17H20ClNO/c1-2-9-20-13-7-8-16-14(10-13)15(18)11-17(19-16)12-5-3-4-6-12/h7-8,10-12H,2-6,9H2,1H3. The van der Waals surface area contributed by atoms with Crippen molar-refractivity contribution in [3.05, 3.63) is 35.0 Å². The number of hydrogen-bond acceptors (Lipinski definition) is 2. The molecule has 2 aromatic rings. The van der Waals surface area contributed by atoms with Gasteiger partial charge in [-0.15, -0.1) is 0 Å². The second-order valence-electron chi connectivity index (χ2n) is 5.54. The predicted octanol–water partition coefficient (Wildman–Crippen LogP) is 5.33. The third-order valence-corrected chi connectivity index (χ3v) is 4.31. The summed E-state index contributed by atoms with van der Waals surface area (Å²) in [7, 11) is 0. The van der Waals surface area contributed by atoms with Crippen LogP contribution in [0.3, 0.4) is 0 Å². The van der Waals surface area contributed by atoms with Gasteiger partial charge in [-0.2, -0.15) is 0 Å². The van der Waals surface area contributed by atoms with Crippen molar-refractivity contribution in [2.75, 3.05) is 6.61 Å². The molecule has 1 fully saturated rings. The number of ether oxygens (including phenoxy) is 1. The highest BCUT2D eigenvalue weighted by Gasteiger charge is 2.19. The summed E-state index contributed by atoms with van der Waals surface area (Å²) in [6.07, 6.45) is 6.11. The van der Waals surface area contributed by atoms with Crippen LogP contribution in [-0.4, -0.2) is 11.6 Å². The maximum atomic E-state index is 6.45. The van der Waals surface area contributed by atoms with Crippen molar-refractivity contribution in [2.24, 2.45) is 0 Å². The molecule has 2 nitrogen and oxygen atoms in total. The Bertz CT molecular complexity index is 605. The van der Waals surface area contributed by atoms with Crippen LogP contribution in [0.5, 0.6) is 5.75 Å². The summed E-state index contributed by atoms with van der Waals surface area (Å²) in [6.45, 7) is 2.83. The molecule has 1 aliphatic carbocycles. The van der Waals surface area contributed by atoms with E-state index in [0.29, 0.717) is 5.92 Å². The van der Waals surface area contributed by atoms with Gasteiger partial charge in [-0.05, 0) is 43.5 Å². The van der Waals surface area contributed by atoms with Gasteiger partial charge in [0, 0.05) is 17.0 Å². The first-order valence-electron chi connectivity index (χ1n) is 7.51. The van der Waals surface area contributed by atoms with E-state index < -0.39 is 0 Å². The van der Waals surface area contributed by atoms with Crippen LogP contribution >= 0.6 is 11.6 Å². The van der Waals surface area contributed by atoms with E-state index in [-0.39, 0.29) is 0 Å². The van der Waals surface area contributed by atoms with Crippen LogP contribution in [0.15, 0.2) is 24.3 Å². The number of halogens is 1. The molecule has 1 aliphatic rings. The molecular weight excluding hydrogens is 270 g/mol. The maximum Gasteiger partial charge on any atom is 0.120 e. The van der Waals surface area contributed by atoms with E-state index in [1.54, 1.807) is 0 Å². The van der Waals surface area contributed by atoms with Crippen molar-refractivity contribution >= 4 is 22.5 Å². The van der Waals surface area contributed by atoms with Gasteiger partial charge >= 0.3 is 0 Å². The highest BCUT2D eigenvalue weighted by Crippen LogP contribution is 2.36. The van der Waals surface area contributed by atoms with Crippen LogP contribution in [0, 0.1) is 0 Å². The van der Waals surface area contributed by atoms with Crippen molar-refractivity contribution in [3.63, 3.8) is 0 Å². The molecule has 0 unspecified atom stereocenters. The molecule has 1 aromatic carbocycles. The zero-order chi connectivity index (χ0) is 13.9. The third kappa shape index (κ3) is 2.76. The highest BCUT2D eigenvalue weighted by atomic mass is 35.5. The first-order valence-corrected chi connectivity index (χ1v) is 7.88. The number of hydrogen-bond donors (Lipinski definition) is 0. The minimum Gasteiger partial charge on any atom is -0.494 e. The van der Waals surface area contributed by atoms with Gasteiger partial charge in [0.1, 0.15) is 5.75 Å². The van der Waals surface area contributed by atoms with Crippen molar-refractivity contribution in [2.45, 2.75) is 44.9 Å². The highest BCUT2D eigenvalue weighted by molar-refractivity contribution is 6.35. The summed E-state index contributed by atoms with van der Waals surface area (Å²) in [5, 5.41) is 1.78. The van der Waals surface area contributed by atoms with Gasteiger partial charge < -0.3 is 4.74 Å². The Morgan fingerprint density at radius 2 is 2.05 bits per heavy atom. The molecule has 3 rings (SSSR count). The number of fused-ring (bicyclic) bond motifs is 1. The molecule has 20 heavy (non-hydrogen) atoms. The quantitative estimate of drug-likeness (QED) is 0.758. The zero-order valence-electron chi connectivity index (χ0n) is 11.9. The Morgan fingerprint density at radius 3 is 2.80 bits per heavy atom. The molecular formula is C17H20ClNO. The predicted molar refractivity (Wildman–Crippen MR) is 83.7 cm³/mol.